The highest BCUT2D eigenvalue weighted by molar-refractivity contribution is 9.08. The average Bonchev–Trinajstić information content (AvgIpc) is 2.54. The lowest BCUT2D eigenvalue weighted by Gasteiger charge is -2.15. The molecule has 22 heavy (non-hydrogen) atoms. The van der Waals surface area contributed by atoms with Crippen molar-refractivity contribution in [2.24, 2.45) is 0 Å². The van der Waals surface area contributed by atoms with Crippen molar-refractivity contribution in [3.8, 4) is 17.2 Å². The summed E-state index contributed by atoms with van der Waals surface area (Å²) in [5.74, 6) is 1.70. The maximum absolute atomic E-state index is 11.2. The summed E-state index contributed by atoms with van der Waals surface area (Å²) in [4.78, 5) is 11.2. The number of rotatable bonds is 10. The van der Waals surface area contributed by atoms with Crippen LogP contribution in [-0.2, 0) is 14.9 Å². The Morgan fingerprint density at radius 3 is 2.27 bits per heavy atom. The molecule has 1 aromatic carbocycles. The molecule has 6 heteroatoms. The van der Waals surface area contributed by atoms with Gasteiger partial charge in [-0.2, -0.15) is 0 Å². The lowest BCUT2D eigenvalue weighted by molar-refractivity contribution is -0.143. The van der Waals surface area contributed by atoms with E-state index in [0.717, 1.165) is 18.4 Å². The van der Waals surface area contributed by atoms with Crippen LogP contribution in [0.1, 0.15) is 31.7 Å². The number of carbonyl (C=O) groups is 1. The Morgan fingerprint density at radius 1 is 1.14 bits per heavy atom. The van der Waals surface area contributed by atoms with Crippen LogP contribution in [-0.4, -0.2) is 33.4 Å². The SMILES string of the molecule is CCOC(=O)CCCCOc1c(OC)cc(CBr)cc1OC. The second-order valence-corrected chi connectivity index (χ2v) is 5.13. The maximum Gasteiger partial charge on any atom is 0.305 e. The molecule has 0 radical (unpaired) electrons. The van der Waals surface area contributed by atoms with Crippen molar-refractivity contribution in [1.29, 1.82) is 0 Å². The summed E-state index contributed by atoms with van der Waals surface area (Å²) in [6.45, 7) is 2.71. The molecule has 0 saturated carbocycles. The molecule has 0 fully saturated rings. The molecule has 0 aliphatic carbocycles. The molecule has 1 rings (SSSR count). The van der Waals surface area contributed by atoms with E-state index in [4.69, 9.17) is 18.9 Å². The molecular weight excluding hydrogens is 352 g/mol. The molecule has 0 spiro atoms. The normalized spacial score (nSPS) is 10.2. The number of alkyl halides is 1. The minimum atomic E-state index is -0.167. The summed E-state index contributed by atoms with van der Waals surface area (Å²) in [6.07, 6.45) is 1.89. The van der Waals surface area contributed by atoms with E-state index in [-0.39, 0.29) is 5.97 Å². The first-order chi connectivity index (χ1) is 10.7. The minimum absolute atomic E-state index is 0.167. The van der Waals surface area contributed by atoms with Crippen LogP contribution < -0.4 is 14.2 Å². The molecule has 0 aliphatic rings. The van der Waals surface area contributed by atoms with Crippen molar-refractivity contribution in [2.75, 3.05) is 27.4 Å². The highest BCUT2D eigenvalue weighted by atomic mass is 79.9. The first kappa shape index (κ1) is 18.6. The van der Waals surface area contributed by atoms with E-state index in [0.29, 0.717) is 42.2 Å². The molecule has 1 aromatic rings. The van der Waals surface area contributed by atoms with E-state index in [1.54, 1.807) is 21.1 Å². The van der Waals surface area contributed by atoms with E-state index in [2.05, 4.69) is 15.9 Å². The van der Waals surface area contributed by atoms with Gasteiger partial charge in [0, 0.05) is 11.8 Å². The number of methoxy groups -OCH3 is 2. The maximum atomic E-state index is 11.2. The topological polar surface area (TPSA) is 54.0 Å². The van der Waals surface area contributed by atoms with E-state index >= 15 is 0 Å². The molecule has 0 saturated heterocycles. The third kappa shape index (κ3) is 5.75. The Bertz CT molecular complexity index is 451. The summed E-state index contributed by atoms with van der Waals surface area (Å²) < 4.78 is 21.4. The van der Waals surface area contributed by atoms with Crippen LogP contribution in [0.4, 0.5) is 0 Å². The van der Waals surface area contributed by atoms with Gasteiger partial charge >= 0.3 is 5.97 Å². The van der Waals surface area contributed by atoms with Gasteiger partial charge in [-0.1, -0.05) is 15.9 Å². The van der Waals surface area contributed by atoms with Crippen molar-refractivity contribution >= 4 is 21.9 Å². The van der Waals surface area contributed by atoms with Gasteiger partial charge in [0.05, 0.1) is 27.4 Å². The highest BCUT2D eigenvalue weighted by Gasteiger charge is 2.14. The van der Waals surface area contributed by atoms with Gasteiger partial charge in [-0.25, -0.2) is 0 Å². The zero-order valence-corrected chi connectivity index (χ0v) is 14.9. The van der Waals surface area contributed by atoms with Gasteiger partial charge in [0.15, 0.2) is 11.5 Å². The molecule has 124 valence electrons. The smallest absolute Gasteiger partial charge is 0.305 e. The van der Waals surface area contributed by atoms with Crippen molar-refractivity contribution < 1.29 is 23.7 Å². The molecule has 0 bridgehead atoms. The van der Waals surface area contributed by atoms with Crippen LogP contribution in [0.25, 0.3) is 0 Å². The summed E-state index contributed by atoms with van der Waals surface area (Å²) >= 11 is 3.41. The van der Waals surface area contributed by atoms with Gasteiger partial charge < -0.3 is 18.9 Å². The molecule has 0 unspecified atom stereocenters. The largest absolute Gasteiger partial charge is 0.493 e. The van der Waals surface area contributed by atoms with Crippen molar-refractivity contribution in [3.05, 3.63) is 17.7 Å². The minimum Gasteiger partial charge on any atom is -0.493 e. The molecule has 5 nitrogen and oxygen atoms in total. The molecule has 0 aliphatic heterocycles. The number of hydrogen-bond acceptors (Lipinski definition) is 5. The van der Waals surface area contributed by atoms with Gasteiger partial charge in [0.25, 0.3) is 0 Å². The monoisotopic (exact) mass is 374 g/mol. The second-order valence-electron chi connectivity index (χ2n) is 4.57. The van der Waals surface area contributed by atoms with Gasteiger partial charge in [-0.3, -0.25) is 4.79 Å². The summed E-state index contributed by atoms with van der Waals surface area (Å²) in [5.41, 5.74) is 1.04. The number of halogens is 1. The highest BCUT2D eigenvalue weighted by Crippen LogP contribution is 2.39. The summed E-state index contributed by atoms with van der Waals surface area (Å²) in [5, 5.41) is 0.708. The zero-order valence-electron chi connectivity index (χ0n) is 13.3. The molecule has 0 N–H and O–H groups in total. The quantitative estimate of drug-likeness (QED) is 0.355. The standard InChI is InChI=1S/C16H23BrO5/c1-4-21-15(18)7-5-6-8-22-16-13(19-2)9-12(11-17)10-14(16)20-3/h9-10H,4-8,11H2,1-3H3. The van der Waals surface area contributed by atoms with Crippen LogP contribution >= 0.6 is 15.9 Å². The number of unbranched alkanes of at least 4 members (excludes halogenated alkanes) is 1. The fourth-order valence-electron chi connectivity index (χ4n) is 1.93. The van der Waals surface area contributed by atoms with Gasteiger partial charge in [-0.05, 0) is 37.5 Å². The van der Waals surface area contributed by atoms with E-state index in [1.165, 1.54) is 0 Å². The molecule has 0 amide bonds. The molecule has 0 heterocycles. The lowest BCUT2D eigenvalue weighted by atomic mass is 10.2. The predicted octanol–water partition coefficient (Wildman–Crippen LogP) is 3.71. The van der Waals surface area contributed by atoms with E-state index in [1.807, 2.05) is 12.1 Å². The average molecular weight is 375 g/mol. The van der Waals surface area contributed by atoms with Crippen LogP contribution in [0.3, 0.4) is 0 Å². The number of carbonyl (C=O) groups excluding carboxylic acids is 1. The van der Waals surface area contributed by atoms with Gasteiger partial charge in [0.1, 0.15) is 0 Å². The Morgan fingerprint density at radius 2 is 1.77 bits per heavy atom. The Labute approximate surface area is 140 Å². The second kappa shape index (κ2) is 10.3. The molecule has 0 atom stereocenters. The summed E-state index contributed by atoms with van der Waals surface area (Å²) in [6, 6.07) is 3.82. The Balaban J connectivity index is 2.56. The van der Waals surface area contributed by atoms with Gasteiger partial charge in [0.2, 0.25) is 5.75 Å². The van der Waals surface area contributed by atoms with Crippen LogP contribution in [0.5, 0.6) is 17.2 Å². The Hall–Kier alpha value is -1.43. The number of benzene rings is 1. The summed E-state index contributed by atoms with van der Waals surface area (Å²) in [7, 11) is 3.20. The lowest BCUT2D eigenvalue weighted by Crippen LogP contribution is -2.06. The van der Waals surface area contributed by atoms with E-state index < -0.39 is 0 Å². The van der Waals surface area contributed by atoms with Crippen molar-refractivity contribution in [3.63, 3.8) is 0 Å². The number of hydrogen-bond donors (Lipinski definition) is 0. The predicted molar refractivity (Wildman–Crippen MR) is 88.2 cm³/mol. The number of esters is 1. The Kier molecular flexibility index (Phi) is 8.74. The zero-order chi connectivity index (χ0) is 16.4. The fourth-order valence-corrected chi connectivity index (χ4v) is 2.26. The van der Waals surface area contributed by atoms with Crippen molar-refractivity contribution in [2.45, 2.75) is 31.5 Å². The molecular formula is C16H23BrO5. The fraction of sp³-hybridized carbons (Fsp3) is 0.562. The number of ether oxygens (including phenoxy) is 4. The third-order valence-electron chi connectivity index (χ3n) is 3.00. The van der Waals surface area contributed by atoms with Crippen LogP contribution in [0, 0.1) is 0 Å². The van der Waals surface area contributed by atoms with Gasteiger partial charge in [-0.15, -0.1) is 0 Å². The van der Waals surface area contributed by atoms with Crippen LogP contribution in [0.2, 0.25) is 0 Å². The van der Waals surface area contributed by atoms with Crippen LogP contribution in [0.15, 0.2) is 12.1 Å². The van der Waals surface area contributed by atoms with Crippen molar-refractivity contribution in [1.82, 2.24) is 0 Å². The third-order valence-corrected chi connectivity index (χ3v) is 3.65. The van der Waals surface area contributed by atoms with E-state index in [9.17, 15) is 4.79 Å². The first-order valence-electron chi connectivity index (χ1n) is 7.25. The molecule has 0 aromatic heterocycles. The first-order valence-corrected chi connectivity index (χ1v) is 8.37.